The van der Waals surface area contributed by atoms with E-state index in [0.29, 0.717) is 23.2 Å². The van der Waals surface area contributed by atoms with E-state index >= 15 is 0 Å². The Balaban J connectivity index is 1.67. The second-order valence-corrected chi connectivity index (χ2v) is 6.50. The summed E-state index contributed by atoms with van der Waals surface area (Å²) in [5.74, 6) is 1.82. The number of benzene rings is 1. The Labute approximate surface area is 154 Å². The number of anilines is 3. The molecule has 1 aliphatic rings. The van der Waals surface area contributed by atoms with E-state index in [1.54, 1.807) is 6.20 Å². The molecule has 0 saturated carbocycles. The molecule has 0 bridgehead atoms. The molecule has 0 unspecified atom stereocenters. The van der Waals surface area contributed by atoms with Gasteiger partial charge in [-0.25, -0.2) is 4.98 Å². The Kier molecular flexibility index (Phi) is 5.88. The fraction of sp³-hybridized carbons (Fsp3) is 0.421. The lowest BCUT2D eigenvalue weighted by molar-refractivity contribution is -0.118. The maximum atomic E-state index is 12.2. The molecule has 0 radical (unpaired) electrons. The molecule has 1 saturated heterocycles. The molecular weight excluding hydrogens is 330 g/mol. The maximum absolute atomic E-state index is 12.2. The summed E-state index contributed by atoms with van der Waals surface area (Å²) in [4.78, 5) is 25.4. The van der Waals surface area contributed by atoms with Crippen LogP contribution in [0.3, 0.4) is 0 Å². The van der Waals surface area contributed by atoms with Gasteiger partial charge in [-0.3, -0.25) is 4.79 Å². The van der Waals surface area contributed by atoms with E-state index in [1.165, 1.54) is 6.42 Å². The predicted molar refractivity (Wildman–Crippen MR) is 103 cm³/mol. The van der Waals surface area contributed by atoms with Gasteiger partial charge < -0.3 is 19.9 Å². The third kappa shape index (κ3) is 4.62. The highest BCUT2D eigenvalue weighted by Crippen LogP contribution is 2.25. The van der Waals surface area contributed by atoms with E-state index in [0.717, 1.165) is 25.9 Å². The van der Waals surface area contributed by atoms with Crippen molar-refractivity contribution in [2.45, 2.75) is 19.3 Å². The van der Waals surface area contributed by atoms with Gasteiger partial charge in [0.2, 0.25) is 5.95 Å². The predicted octanol–water partition coefficient (Wildman–Crippen LogP) is 2.55. The van der Waals surface area contributed by atoms with Crippen molar-refractivity contribution in [3.05, 3.63) is 36.5 Å². The Morgan fingerprint density at radius 3 is 2.62 bits per heavy atom. The number of hydrogen-bond donors (Lipinski definition) is 1. The molecule has 0 aliphatic carbocycles. The van der Waals surface area contributed by atoms with E-state index in [1.807, 2.05) is 49.3 Å². The van der Waals surface area contributed by atoms with Crippen molar-refractivity contribution in [2.24, 2.45) is 0 Å². The van der Waals surface area contributed by atoms with Crippen molar-refractivity contribution < 1.29 is 9.53 Å². The number of carbonyl (C=O) groups is 1. The van der Waals surface area contributed by atoms with Gasteiger partial charge in [0.05, 0.1) is 6.20 Å². The van der Waals surface area contributed by atoms with Gasteiger partial charge in [0.15, 0.2) is 12.4 Å². The normalized spacial score (nSPS) is 14.0. The van der Waals surface area contributed by atoms with Gasteiger partial charge in [0, 0.05) is 27.2 Å². The summed E-state index contributed by atoms with van der Waals surface area (Å²) >= 11 is 0. The largest absolute Gasteiger partial charge is 0.484 e. The van der Waals surface area contributed by atoms with Crippen molar-refractivity contribution in [2.75, 3.05) is 48.9 Å². The first-order chi connectivity index (χ1) is 12.6. The number of hydrogen-bond acceptors (Lipinski definition) is 6. The first-order valence-corrected chi connectivity index (χ1v) is 8.90. The second-order valence-electron chi connectivity index (χ2n) is 6.50. The lowest BCUT2D eigenvalue weighted by Gasteiger charge is -2.28. The maximum Gasteiger partial charge on any atom is 0.262 e. The topological polar surface area (TPSA) is 70.6 Å². The third-order valence-electron chi connectivity index (χ3n) is 4.21. The Hall–Kier alpha value is -2.83. The lowest BCUT2D eigenvalue weighted by Crippen LogP contribution is -2.31. The summed E-state index contributed by atoms with van der Waals surface area (Å²) in [6, 6.07) is 9.26. The van der Waals surface area contributed by atoms with Crippen molar-refractivity contribution in [1.82, 2.24) is 9.97 Å². The highest BCUT2D eigenvalue weighted by atomic mass is 16.5. The van der Waals surface area contributed by atoms with Gasteiger partial charge in [0.1, 0.15) is 11.4 Å². The molecule has 3 rings (SSSR count). The Morgan fingerprint density at radius 1 is 1.19 bits per heavy atom. The fourth-order valence-corrected chi connectivity index (χ4v) is 2.89. The van der Waals surface area contributed by atoms with Crippen LogP contribution < -0.4 is 19.9 Å². The van der Waals surface area contributed by atoms with Gasteiger partial charge in [-0.1, -0.05) is 18.2 Å². The minimum absolute atomic E-state index is 0.0647. The average Bonchev–Trinajstić information content (AvgIpc) is 2.68. The summed E-state index contributed by atoms with van der Waals surface area (Å²) in [5, 5.41) is 2.84. The molecule has 1 aromatic carbocycles. The molecular formula is C19H25N5O2. The molecule has 0 spiro atoms. The van der Waals surface area contributed by atoms with E-state index in [-0.39, 0.29) is 12.5 Å². The number of nitrogens with one attached hydrogen (secondary N) is 1. The minimum Gasteiger partial charge on any atom is -0.484 e. The number of ether oxygens (including phenoxy) is 1. The van der Waals surface area contributed by atoms with E-state index in [4.69, 9.17) is 4.74 Å². The Morgan fingerprint density at radius 2 is 1.92 bits per heavy atom. The molecule has 2 heterocycles. The summed E-state index contributed by atoms with van der Waals surface area (Å²) in [7, 11) is 3.80. The molecule has 0 atom stereocenters. The summed E-state index contributed by atoms with van der Waals surface area (Å²) < 4.78 is 5.48. The summed E-state index contributed by atoms with van der Waals surface area (Å²) in [6.07, 6.45) is 5.26. The van der Waals surface area contributed by atoms with Gasteiger partial charge in [-0.2, -0.15) is 4.98 Å². The second kappa shape index (κ2) is 8.51. The molecule has 1 fully saturated rings. The van der Waals surface area contributed by atoms with Crippen LogP contribution in [0, 0.1) is 0 Å². The van der Waals surface area contributed by atoms with Crippen molar-refractivity contribution in [1.29, 1.82) is 0 Å². The number of para-hydroxylation sites is 1. The monoisotopic (exact) mass is 355 g/mol. The number of carbonyl (C=O) groups excluding carboxylic acids is 1. The van der Waals surface area contributed by atoms with Crippen molar-refractivity contribution >= 4 is 23.4 Å². The van der Waals surface area contributed by atoms with Crippen LogP contribution in [-0.4, -0.2) is 49.7 Å². The average molecular weight is 355 g/mol. The van der Waals surface area contributed by atoms with Crippen LogP contribution in [0.2, 0.25) is 0 Å². The van der Waals surface area contributed by atoms with Crippen LogP contribution in [0.25, 0.3) is 0 Å². The zero-order valence-corrected chi connectivity index (χ0v) is 15.3. The Bertz CT molecular complexity index is 730. The molecule has 1 N–H and O–H groups in total. The summed E-state index contributed by atoms with van der Waals surface area (Å²) in [5.41, 5.74) is 0.581. The smallest absolute Gasteiger partial charge is 0.262 e. The van der Waals surface area contributed by atoms with E-state index in [9.17, 15) is 4.79 Å². The van der Waals surface area contributed by atoms with Crippen LogP contribution in [0.4, 0.5) is 17.5 Å². The van der Waals surface area contributed by atoms with Crippen LogP contribution in [0.15, 0.2) is 36.5 Å². The highest BCUT2D eigenvalue weighted by Gasteiger charge is 2.17. The summed E-state index contributed by atoms with van der Waals surface area (Å²) in [6.45, 7) is 1.89. The lowest BCUT2D eigenvalue weighted by atomic mass is 10.1. The van der Waals surface area contributed by atoms with Gasteiger partial charge in [-0.05, 0) is 31.4 Å². The highest BCUT2D eigenvalue weighted by molar-refractivity contribution is 5.94. The van der Waals surface area contributed by atoms with E-state index in [2.05, 4.69) is 20.2 Å². The van der Waals surface area contributed by atoms with Gasteiger partial charge >= 0.3 is 0 Å². The molecule has 138 valence electrons. The molecule has 7 nitrogen and oxygen atoms in total. The number of aromatic nitrogens is 2. The molecule has 2 aromatic rings. The van der Waals surface area contributed by atoms with Gasteiger partial charge in [-0.15, -0.1) is 0 Å². The zero-order chi connectivity index (χ0) is 18.4. The number of piperidine rings is 1. The number of nitrogens with zero attached hydrogens (tertiary/aromatic N) is 4. The molecule has 7 heteroatoms. The third-order valence-corrected chi connectivity index (χ3v) is 4.21. The van der Waals surface area contributed by atoms with Crippen LogP contribution >= 0.6 is 0 Å². The van der Waals surface area contributed by atoms with Crippen LogP contribution in [0.1, 0.15) is 19.3 Å². The fourth-order valence-electron chi connectivity index (χ4n) is 2.89. The first-order valence-electron chi connectivity index (χ1n) is 8.90. The van der Waals surface area contributed by atoms with Crippen LogP contribution in [-0.2, 0) is 4.79 Å². The van der Waals surface area contributed by atoms with Gasteiger partial charge in [0.25, 0.3) is 5.91 Å². The first kappa shape index (κ1) is 18.0. The van der Waals surface area contributed by atoms with Crippen LogP contribution in [0.5, 0.6) is 5.75 Å². The minimum atomic E-state index is -0.244. The van der Waals surface area contributed by atoms with Crippen molar-refractivity contribution in [3.8, 4) is 5.75 Å². The molecule has 1 aliphatic heterocycles. The standard InChI is InChI=1S/C19H25N5O2/c1-23(2)18-16(13-20-19(22-18)24-11-7-4-8-12-24)21-17(25)14-26-15-9-5-3-6-10-15/h3,5-6,9-10,13H,4,7-8,11-12,14H2,1-2H3,(H,21,25). The number of rotatable bonds is 6. The SMILES string of the molecule is CN(C)c1nc(N2CCCCC2)ncc1NC(=O)COc1ccccc1. The molecule has 26 heavy (non-hydrogen) atoms. The quantitative estimate of drug-likeness (QED) is 0.859. The number of amides is 1. The van der Waals surface area contributed by atoms with Crippen molar-refractivity contribution in [3.63, 3.8) is 0 Å². The van der Waals surface area contributed by atoms with E-state index < -0.39 is 0 Å². The zero-order valence-electron chi connectivity index (χ0n) is 15.3. The molecule has 1 aromatic heterocycles. The molecule has 1 amide bonds.